The standard InChI is InChI=1S/C10H22N2O/c1-5-10(13-4)11-6-8-12(2,3)9-7-11/h5-9H2,1-4H3/q+2. The van der Waals surface area contributed by atoms with Crippen molar-refractivity contribution in [2.24, 2.45) is 0 Å². The molecule has 0 aliphatic carbocycles. The molecule has 76 valence electrons. The van der Waals surface area contributed by atoms with Gasteiger partial charge in [-0.2, -0.15) is 4.58 Å². The van der Waals surface area contributed by atoms with Crippen molar-refractivity contribution >= 4 is 5.90 Å². The molecule has 1 heterocycles. The van der Waals surface area contributed by atoms with Gasteiger partial charge in [0.1, 0.15) is 13.1 Å². The Hall–Kier alpha value is -0.570. The number of likely N-dealkylation sites (N-methyl/N-ethyl adjacent to an activating group) is 1. The molecule has 3 nitrogen and oxygen atoms in total. The van der Waals surface area contributed by atoms with Gasteiger partial charge in [0, 0.05) is 0 Å². The van der Waals surface area contributed by atoms with Crippen molar-refractivity contribution in [3.8, 4) is 0 Å². The molecule has 1 fully saturated rings. The fourth-order valence-corrected chi connectivity index (χ4v) is 1.75. The molecule has 0 amide bonds. The molecule has 1 aliphatic rings. The number of hydrogen-bond acceptors (Lipinski definition) is 1. The van der Waals surface area contributed by atoms with Gasteiger partial charge in [0.25, 0.3) is 0 Å². The van der Waals surface area contributed by atoms with Crippen LogP contribution in [0.25, 0.3) is 0 Å². The average Bonchev–Trinajstić information content (AvgIpc) is 2.09. The van der Waals surface area contributed by atoms with Crippen molar-refractivity contribution in [1.29, 1.82) is 0 Å². The van der Waals surface area contributed by atoms with Crippen LogP contribution < -0.4 is 0 Å². The first-order valence-electron chi connectivity index (χ1n) is 5.06. The molecule has 0 radical (unpaired) electrons. The maximum atomic E-state index is 5.34. The second-order valence-corrected chi connectivity index (χ2v) is 4.32. The molecule has 1 rings (SSSR count). The quantitative estimate of drug-likeness (QED) is 0.331. The summed E-state index contributed by atoms with van der Waals surface area (Å²) in [7, 11) is 6.35. The first-order valence-corrected chi connectivity index (χ1v) is 5.06. The third-order valence-corrected chi connectivity index (χ3v) is 2.84. The Morgan fingerprint density at radius 3 is 2.23 bits per heavy atom. The van der Waals surface area contributed by atoms with Gasteiger partial charge in [-0.1, -0.05) is 6.92 Å². The van der Waals surface area contributed by atoms with Gasteiger partial charge in [0.15, 0.2) is 13.1 Å². The van der Waals surface area contributed by atoms with E-state index in [-0.39, 0.29) is 0 Å². The van der Waals surface area contributed by atoms with Crippen LogP contribution in [0, 0.1) is 0 Å². The molecule has 0 aromatic carbocycles. The summed E-state index contributed by atoms with van der Waals surface area (Å²) in [5.74, 6) is 1.14. The summed E-state index contributed by atoms with van der Waals surface area (Å²) >= 11 is 0. The highest BCUT2D eigenvalue weighted by Crippen LogP contribution is 2.04. The first kappa shape index (κ1) is 10.5. The molecule has 0 saturated carbocycles. The summed E-state index contributed by atoms with van der Waals surface area (Å²) in [4.78, 5) is 0. The molecule has 0 spiro atoms. The number of rotatable bonds is 1. The molecule has 3 heteroatoms. The fraction of sp³-hybridized carbons (Fsp3) is 0.900. The van der Waals surface area contributed by atoms with E-state index in [9.17, 15) is 0 Å². The Morgan fingerprint density at radius 1 is 1.31 bits per heavy atom. The van der Waals surface area contributed by atoms with E-state index in [0.29, 0.717) is 0 Å². The van der Waals surface area contributed by atoms with Crippen LogP contribution in [-0.4, -0.2) is 62.3 Å². The third-order valence-electron chi connectivity index (χ3n) is 2.84. The lowest BCUT2D eigenvalue weighted by atomic mass is 10.3. The van der Waals surface area contributed by atoms with Crippen molar-refractivity contribution in [2.45, 2.75) is 13.3 Å². The molecule has 0 atom stereocenters. The van der Waals surface area contributed by atoms with E-state index in [1.165, 1.54) is 13.1 Å². The van der Waals surface area contributed by atoms with Crippen molar-refractivity contribution in [1.82, 2.24) is 0 Å². The van der Waals surface area contributed by atoms with E-state index in [2.05, 4.69) is 25.6 Å². The van der Waals surface area contributed by atoms with Crippen LogP contribution in [-0.2, 0) is 4.74 Å². The largest absolute Gasteiger partial charge is 0.451 e. The van der Waals surface area contributed by atoms with Crippen molar-refractivity contribution < 1.29 is 13.8 Å². The van der Waals surface area contributed by atoms with Gasteiger partial charge in [0.2, 0.25) is 0 Å². The van der Waals surface area contributed by atoms with E-state index in [1.807, 2.05) is 0 Å². The second-order valence-electron chi connectivity index (χ2n) is 4.32. The predicted molar refractivity (Wildman–Crippen MR) is 54.1 cm³/mol. The van der Waals surface area contributed by atoms with E-state index < -0.39 is 0 Å². The third kappa shape index (κ3) is 2.69. The van der Waals surface area contributed by atoms with E-state index in [4.69, 9.17) is 4.74 Å². The first-order chi connectivity index (χ1) is 6.09. The summed E-state index contributed by atoms with van der Waals surface area (Å²) in [5, 5.41) is 0. The molecule has 1 aliphatic heterocycles. The summed E-state index contributed by atoms with van der Waals surface area (Å²) in [6.07, 6.45) is 1.00. The number of hydrogen-bond donors (Lipinski definition) is 0. The zero-order chi connectivity index (χ0) is 9.90. The zero-order valence-electron chi connectivity index (χ0n) is 9.34. The minimum atomic E-state index is 1.00. The maximum Gasteiger partial charge on any atom is 0.336 e. The van der Waals surface area contributed by atoms with Gasteiger partial charge in [-0.05, 0) is 0 Å². The molecular formula is C10H22N2O+2. The van der Waals surface area contributed by atoms with Gasteiger partial charge in [-0.3, -0.25) is 0 Å². The predicted octanol–water partition coefficient (Wildman–Crippen LogP) is 0.544. The van der Waals surface area contributed by atoms with Gasteiger partial charge < -0.3 is 9.22 Å². The van der Waals surface area contributed by atoms with E-state index in [1.54, 1.807) is 7.11 Å². The maximum absolute atomic E-state index is 5.34. The minimum absolute atomic E-state index is 1.00. The number of quaternary nitrogens is 1. The monoisotopic (exact) mass is 186 g/mol. The molecule has 0 aromatic heterocycles. The summed E-state index contributed by atoms with van der Waals surface area (Å²) in [6, 6.07) is 0. The molecular weight excluding hydrogens is 164 g/mol. The van der Waals surface area contributed by atoms with Crippen LogP contribution in [0.3, 0.4) is 0 Å². The van der Waals surface area contributed by atoms with Crippen LogP contribution in [0.1, 0.15) is 13.3 Å². The van der Waals surface area contributed by atoms with Gasteiger partial charge in [-0.25, -0.2) is 0 Å². The smallest absolute Gasteiger partial charge is 0.336 e. The zero-order valence-corrected chi connectivity index (χ0v) is 9.34. The lowest BCUT2D eigenvalue weighted by Crippen LogP contribution is -2.53. The Bertz CT molecular complexity index is 191. The molecule has 0 bridgehead atoms. The summed E-state index contributed by atoms with van der Waals surface area (Å²) in [6.45, 7) is 6.83. The lowest BCUT2D eigenvalue weighted by molar-refractivity contribution is -0.922. The van der Waals surface area contributed by atoms with Gasteiger partial charge in [-0.15, -0.1) is 0 Å². The highest BCUT2D eigenvalue weighted by Gasteiger charge is 2.28. The Kier molecular flexibility index (Phi) is 3.31. The van der Waals surface area contributed by atoms with Crippen molar-refractivity contribution in [2.75, 3.05) is 47.4 Å². The van der Waals surface area contributed by atoms with Crippen LogP contribution in [0.2, 0.25) is 0 Å². The number of nitrogens with zero attached hydrogens (tertiary/aromatic N) is 2. The fourth-order valence-electron chi connectivity index (χ4n) is 1.75. The minimum Gasteiger partial charge on any atom is -0.451 e. The Balaban J connectivity index is 2.62. The molecule has 0 unspecified atom stereocenters. The molecule has 0 aromatic rings. The van der Waals surface area contributed by atoms with Crippen molar-refractivity contribution in [3.05, 3.63) is 0 Å². The van der Waals surface area contributed by atoms with E-state index in [0.717, 1.165) is 29.9 Å². The number of methoxy groups -OCH3 is 1. The number of piperazine rings is 1. The summed E-state index contributed by atoms with van der Waals surface area (Å²) < 4.78 is 8.84. The van der Waals surface area contributed by atoms with Crippen LogP contribution in [0.5, 0.6) is 0 Å². The van der Waals surface area contributed by atoms with Crippen LogP contribution in [0.15, 0.2) is 0 Å². The van der Waals surface area contributed by atoms with Crippen LogP contribution in [0.4, 0.5) is 0 Å². The topological polar surface area (TPSA) is 12.2 Å². The highest BCUT2D eigenvalue weighted by molar-refractivity contribution is 5.70. The number of ether oxygens (including phenoxy) is 1. The van der Waals surface area contributed by atoms with Crippen molar-refractivity contribution in [3.63, 3.8) is 0 Å². The van der Waals surface area contributed by atoms with Gasteiger partial charge in [0.05, 0.1) is 27.6 Å². The SMILES string of the molecule is CCC(OC)=[N+]1CC[N+](C)(C)CC1. The molecule has 0 N–H and O–H groups in total. The van der Waals surface area contributed by atoms with Crippen LogP contribution >= 0.6 is 0 Å². The van der Waals surface area contributed by atoms with E-state index >= 15 is 0 Å². The Morgan fingerprint density at radius 2 is 1.85 bits per heavy atom. The second kappa shape index (κ2) is 4.09. The summed E-state index contributed by atoms with van der Waals surface area (Å²) in [5.41, 5.74) is 0. The molecule has 13 heavy (non-hydrogen) atoms. The normalized spacial score (nSPS) is 21.4. The molecule has 1 saturated heterocycles. The Labute approximate surface area is 81.2 Å². The highest BCUT2D eigenvalue weighted by atomic mass is 16.5. The lowest BCUT2D eigenvalue weighted by Gasteiger charge is -2.31. The van der Waals surface area contributed by atoms with Gasteiger partial charge >= 0.3 is 5.90 Å². The average molecular weight is 186 g/mol.